The van der Waals surface area contributed by atoms with Gasteiger partial charge in [0.15, 0.2) is 5.65 Å². The molecule has 2 aromatic heterocycles. The van der Waals surface area contributed by atoms with Crippen LogP contribution in [0.2, 0.25) is 15.1 Å². The molecular weight excluding hydrogens is 467 g/mol. The number of carbonyl (C=O) groups is 1. The van der Waals surface area contributed by atoms with E-state index >= 15 is 0 Å². The van der Waals surface area contributed by atoms with E-state index in [2.05, 4.69) is 16.9 Å². The number of aromatic nitrogens is 4. The summed E-state index contributed by atoms with van der Waals surface area (Å²) in [7, 11) is 1.39. The van der Waals surface area contributed by atoms with Crippen molar-refractivity contribution < 1.29 is 9.53 Å². The molecule has 30 heavy (non-hydrogen) atoms. The van der Waals surface area contributed by atoms with Crippen molar-refractivity contribution in [2.45, 2.75) is 44.1 Å². The number of carbonyl (C=O) groups excluding carboxylic acids is 1. The van der Waals surface area contributed by atoms with Crippen molar-refractivity contribution in [2.75, 3.05) is 13.4 Å². The molecule has 0 aliphatic rings. The first kappa shape index (κ1) is 23.1. The summed E-state index contributed by atoms with van der Waals surface area (Å²) in [6.07, 6.45) is 4.34. The molecular formula is C20H21Cl3N4O2S. The Morgan fingerprint density at radius 1 is 1.23 bits per heavy atom. The Labute approximate surface area is 194 Å². The minimum absolute atomic E-state index is 0.329. The molecule has 1 atom stereocenters. The number of halogens is 3. The second-order valence-corrected chi connectivity index (χ2v) is 8.76. The van der Waals surface area contributed by atoms with Crippen LogP contribution in [-0.2, 0) is 9.53 Å². The monoisotopic (exact) mass is 486 g/mol. The number of rotatable bonds is 7. The highest BCUT2D eigenvalue weighted by Gasteiger charge is 2.29. The van der Waals surface area contributed by atoms with Crippen LogP contribution in [0, 0.1) is 6.92 Å². The Kier molecular flexibility index (Phi) is 7.50. The van der Waals surface area contributed by atoms with Gasteiger partial charge in [-0.1, -0.05) is 54.6 Å². The van der Waals surface area contributed by atoms with Crippen molar-refractivity contribution in [1.29, 1.82) is 0 Å². The summed E-state index contributed by atoms with van der Waals surface area (Å²) in [5.41, 5.74) is 1.60. The fourth-order valence-electron chi connectivity index (χ4n) is 3.33. The van der Waals surface area contributed by atoms with Crippen LogP contribution in [0.3, 0.4) is 0 Å². The summed E-state index contributed by atoms with van der Waals surface area (Å²) < 4.78 is 6.67. The first-order valence-corrected chi connectivity index (χ1v) is 11.7. The standard InChI is InChI=1S/C20H21Cl3N4O2S/c1-5-6-7-12(20(28)29-3)16-15-18(25-10(2)24-16)27(26-19(15)30-4)17-13(22)8-11(21)9-14(17)23/h8-9,12H,5-7H2,1-4H3. The van der Waals surface area contributed by atoms with Gasteiger partial charge in [0, 0.05) is 5.02 Å². The molecule has 0 amide bonds. The third kappa shape index (κ3) is 4.40. The number of hydrogen-bond acceptors (Lipinski definition) is 6. The quantitative estimate of drug-likeness (QED) is 0.290. The summed E-state index contributed by atoms with van der Waals surface area (Å²) in [6, 6.07) is 3.20. The highest BCUT2D eigenvalue weighted by molar-refractivity contribution is 7.98. The molecule has 0 radical (unpaired) electrons. The van der Waals surface area contributed by atoms with Gasteiger partial charge in [-0.2, -0.15) is 5.10 Å². The first-order chi connectivity index (χ1) is 14.3. The predicted octanol–water partition coefficient (Wildman–Crippen LogP) is 6.25. The number of fused-ring (bicyclic) bond motifs is 1. The van der Waals surface area contributed by atoms with Crippen LogP contribution in [0.5, 0.6) is 0 Å². The first-order valence-electron chi connectivity index (χ1n) is 9.36. The number of nitrogens with zero attached hydrogens (tertiary/aromatic N) is 4. The Morgan fingerprint density at radius 2 is 1.90 bits per heavy atom. The third-order valence-electron chi connectivity index (χ3n) is 4.68. The fraction of sp³-hybridized carbons (Fsp3) is 0.400. The minimum Gasteiger partial charge on any atom is -0.469 e. The molecule has 0 bridgehead atoms. The summed E-state index contributed by atoms with van der Waals surface area (Å²) in [6.45, 7) is 3.85. The van der Waals surface area contributed by atoms with Gasteiger partial charge in [-0.15, -0.1) is 11.8 Å². The predicted molar refractivity (Wildman–Crippen MR) is 122 cm³/mol. The van der Waals surface area contributed by atoms with E-state index in [1.54, 1.807) is 23.7 Å². The number of ether oxygens (including phenoxy) is 1. The van der Waals surface area contributed by atoms with Gasteiger partial charge in [0.2, 0.25) is 0 Å². The van der Waals surface area contributed by atoms with Crippen LogP contribution >= 0.6 is 46.6 Å². The smallest absolute Gasteiger partial charge is 0.314 e. The molecule has 160 valence electrons. The van der Waals surface area contributed by atoms with E-state index in [4.69, 9.17) is 44.6 Å². The van der Waals surface area contributed by atoms with Crippen molar-refractivity contribution in [2.24, 2.45) is 0 Å². The number of methoxy groups -OCH3 is 1. The average Bonchev–Trinajstić information content (AvgIpc) is 3.05. The van der Waals surface area contributed by atoms with Gasteiger partial charge in [0.1, 0.15) is 16.5 Å². The van der Waals surface area contributed by atoms with Crippen LogP contribution in [0.15, 0.2) is 17.2 Å². The molecule has 0 aliphatic heterocycles. The number of unbranched alkanes of at least 4 members (excludes halogenated alkanes) is 1. The molecule has 0 aliphatic carbocycles. The van der Waals surface area contributed by atoms with E-state index in [1.807, 2.05) is 6.26 Å². The van der Waals surface area contributed by atoms with E-state index in [1.165, 1.54) is 18.9 Å². The van der Waals surface area contributed by atoms with E-state index < -0.39 is 5.92 Å². The van der Waals surface area contributed by atoms with E-state index in [-0.39, 0.29) is 5.97 Å². The van der Waals surface area contributed by atoms with Crippen molar-refractivity contribution in [3.8, 4) is 5.69 Å². The molecule has 0 saturated carbocycles. The third-order valence-corrected chi connectivity index (χ3v) is 6.15. The molecule has 1 unspecified atom stereocenters. The van der Waals surface area contributed by atoms with Gasteiger partial charge < -0.3 is 4.74 Å². The van der Waals surface area contributed by atoms with Gasteiger partial charge in [0.05, 0.1) is 34.2 Å². The minimum atomic E-state index is -0.515. The fourth-order valence-corrected chi connectivity index (χ4v) is 4.87. The number of benzene rings is 1. The lowest BCUT2D eigenvalue weighted by Gasteiger charge is -2.16. The number of hydrogen-bond donors (Lipinski definition) is 0. The average molecular weight is 488 g/mol. The molecule has 3 rings (SSSR count). The highest BCUT2D eigenvalue weighted by atomic mass is 35.5. The highest BCUT2D eigenvalue weighted by Crippen LogP contribution is 2.38. The molecule has 10 heteroatoms. The van der Waals surface area contributed by atoms with Gasteiger partial charge in [-0.05, 0) is 31.7 Å². The summed E-state index contributed by atoms with van der Waals surface area (Å²) in [5.74, 6) is -0.331. The van der Waals surface area contributed by atoms with Crippen molar-refractivity contribution in [3.05, 3.63) is 38.7 Å². The van der Waals surface area contributed by atoms with E-state index in [0.717, 1.165) is 12.8 Å². The number of esters is 1. The maximum absolute atomic E-state index is 12.6. The maximum atomic E-state index is 12.6. The van der Waals surface area contributed by atoms with Crippen LogP contribution in [0.25, 0.3) is 16.7 Å². The molecule has 0 fully saturated rings. The molecule has 0 spiro atoms. The van der Waals surface area contributed by atoms with Crippen molar-refractivity contribution in [1.82, 2.24) is 19.7 Å². The van der Waals surface area contributed by atoms with Crippen LogP contribution in [-0.4, -0.2) is 39.1 Å². The normalized spacial score (nSPS) is 12.4. The molecule has 0 N–H and O–H groups in total. The summed E-state index contributed by atoms with van der Waals surface area (Å²) in [5, 5.41) is 7.18. The Balaban J connectivity index is 2.34. The SMILES string of the molecule is CCCCC(C(=O)OC)c1nc(C)nc2c1c(SC)nn2-c1c(Cl)cc(Cl)cc1Cl. The summed E-state index contributed by atoms with van der Waals surface area (Å²) >= 11 is 20.4. The number of aryl methyl sites for hydroxylation is 1. The van der Waals surface area contributed by atoms with Crippen molar-refractivity contribution in [3.63, 3.8) is 0 Å². The van der Waals surface area contributed by atoms with Crippen molar-refractivity contribution >= 4 is 63.6 Å². The van der Waals surface area contributed by atoms with E-state index in [9.17, 15) is 4.79 Å². The zero-order valence-electron chi connectivity index (χ0n) is 17.0. The van der Waals surface area contributed by atoms with Crippen LogP contribution in [0.1, 0.15) is 43.6 Å². The lowest BCUT2D eigenvalue weighted by atomic mass is 9.96. The summed E-state index contributed by atoms with van der Waals surface area (Å²) in [4.78, 5) is 21.9. The van der Waals surface area contributed by atoms with Gasteiger partial charge in [0.25, 0.3) is 0 Å². The topological polar surface area (TPSA) is 69.9 Å². The largest absolute Gasteiger partial charge is 0.469 e. The Hall–Kier alpha value is -1.54. The Morgan fingerprint density at radius 3 is 2.47 bits per heavy atom. The zero-order valence-corrected chi connectivity index (χ0v) is 20.1. The molecule has 3 aromatic rings. The van der Waals surface area contributed by atoms with E-state index in [0.29, 0.717) is 54.8 Å². The van der Waals surface area contributed by atoms with Crippen LogP contribution < -0.4 is 0 Å². The lowest BCUT2D eigenvalue weighted by molar-refractivity contribution is -0.142. The van der Waals surface area contributed by atoms with Crippen LogP contribution in [0.4, 0.5) is 0 Å². The van der Waals surface area contributed by atoms with Gasteiger partial charge in [-0.3, -0.25) is 4.79 Å². The lowest BCUT2D eigenvalue weighted by Crippen LogP contribution is -2.17. The molecule has 0 saturated heterocycles. The molecule has 6 nitrogen and oxygen atoms in total. The molecule has 1 aromatic carbocycles. The van der Waals surface area contributed by atoms with Gasteiger partial charge in [-0.25, -0.2) is 14.6 Å². The Bertz CT molecular complexity index is 1080. The molecule has 2 heterocycles. The maximum Gasteiger partial charge on any atom is 0.314 e. The zero-order chi connectivity index (χ0) is 22.0. The number of thioether (sulfide) groups is 1. The van der Waals surface area contributed by atoms with Gasteiger partial charge >= 0.3 is 5.97 Å². The second-order valence-electron chi connectivity index (χ2n) is 6.71. The second kappa shape index (κ2) is 9.73.